The third kappa shape index (κ3) is 3.03. The van der Waals surface area contributed by atoms with E-state index in [9.17, 15) is 9.18 Å². The largest absolute Gasteiger partial charge is 0.372 e. The SMILES string of the molecule is CNc1ncc(F)cc1C(=O)NCc1noc(C)n1. The quantitative estimate of drug-likeness (QED) is 0.852. The molecule has 100 valence electrons. The van der Waals surface area contributed by atoms with Gasteiger partial charge in [0.1, 0.15) is 11.6 Å². The number of aryl methyl sites for hydroxylation is 1. The van der Waals surface area contributed by atoms with Crippen molar-refractivity contribution in [1.29, 1.82) is 0 Å². The number of hydrogen-bond acceptors (Lipinski definition) is 6. The summed E-state index contributed by atoms with van der Waals surface area (Å²) in [7, 11) is 1.60. The zero-order chi connectivity index (χ0) is 13.8. The summed E-state index contributed by atoms with van der Waals surface area (Å²) in [5, 5.41) is 8.91. The molecule has 2 N–H and O–H groups in total. The van der Waals surface area contributed by atoms with Gasteiger partial charge in [0.05, 0.1) is 18.3 Å². The molecule has 0 saturated heterocycles. The first-order valence-electron chi connectivity index (χ1n) is 5.51. The van der Waals surface area contributed by atoms with Crippen LogP contribution in [0.25, 0.3) is 0 Å². The van der Waals surface area contributed by atoms with Gasteiger partial charge in [-0.25, -0.2) is 9.37 Å². The highest BCUT2D eigenvalue weighted by Crippen LogP contribution is 2.12. The third-order valence-corrected chi connectivity index (χ3v) is 2.31. The predicted molar refractivity (Wildman–Crippen MR) is 63.9 cm³/mol. The molecule has 0 saturated carbocycles. The van der Waals surface area contributed by atoms with Gasteiger partial charge in [-0.3, -0.25) is 4.79 Å². The first kappa shape index (κ1) is 12.9. The standard InChI is InChI=1S/C11H12FN5O2/c1-6-16-9(17-19-6)5-15-11(18)8-3-7(12)4-14-10(8)13-2/h3-4H,5H2,1-2H3,(H,13,14)(H,15,18). The summed E-state index contributed by atoms with van der Waals surface area (Å²) in [4.78, 5) is 19.6. The van der Waals surface area contributed by atoms with Crippen molar-refractivity contribution < 1.29 is 13.7 Å². The Kier molecular flexibility index (Phi) is 3.69. The van der Waals surface area contributed by atoms with E-state index in [0.717, 1.165) is 12.3 Å². The fraction of sp³-hybridized carbons (Fsp3) is 0.273. The number of amides is 1. The lowest BCUT2D eigenvalue weighted by Gasteiger charge is -2.07. The maximum absolute atomic E-state index is 13.1. The molecule has 0 spiro atoms. The smallest absolute Gasteiger partial charge is 0.255 e. The van der Waals surface area contributed by atoms with Crippen LogP contribution in [0.15, 0.2) is 16.8 Å². The maximum Gasteiger partial charge on any atom is 0.255 e. The first-order valence-corrected chi connectivity index (χ1v) is 5.51. The summed E-state index contributed by atoms with van der Waals surface area (Å²) in [6, 6.07) is 1.11. The molecule has 8 heteroatoms. The van der Waals surface area contributed by atoms with Crippen molar-refractivity contribution in [3.63, 3.8) is 0 Å². The molecular weight excluding hydrogens is 253 g/mol. The molecule has 0 bridgehead atoms. The van der Waals surface area contributed by atoms with E-state index in [1.165, 1.54) is 0 Å². The van der Waals surface area contributed by atoms with Crippen LogP contribution in [-0.2, 0) is 6.54 Å². The summed E-state index contributed by atoms with van der Waals surface area (Å²) in [6.45, 7) is 1.74. The van der Waals surface area contributed by atoms with Gasteiger partial charge in [-0.05, 0) is 6.07 Å². The Labute approximate surface area is 108 Å². The van der Waals surface area contributed by atoms with Crippen LogP contribution in [0.3, 0.4) is 0 Å². The van der Waals surface area contributed by atoms with Crippen molar-refractivity contribution in [2.75, 3.05) is 12.4 Å². The first-order chi connectivity index (χ1) is 9.10. The van der Waals surface area contributed by atoms with Gasteiger partial charge >= 0.3 is 0 Å². The van der Waals surface area contributed by atoms with Gasteiger partial charge in [-0.15, -0.1) is 0 Å². The van der Waals surface area contributed by atoms with E-state index in [1.54, 1.807) is 14.0 Å². The number of rotatable bonds is 4. The summed E-state index contributed by atoms with van der Waals surface area (Å²) in [5.74, 6) is -0.00430. The Morgan fingerprint density at radius 2 is 2.32 bits per heavy atom. The van der Waals surface area contributed by atoms with Crippen molar-refractivity contribution >= 4 is 11.7 Å². The molecule has 0 aromatic carbocycles. The van der Waals surface area contributed by atoms with Crippen molar-refractivity contribution in [2.24, 2.45) is 0 Å². The predicted octanol–water partition coefficient (Wildman–Crippen LogP) is 0.884. The fourth-order valence-electron chi connectivity index (χ4n) is 1.48. The van der Waals surface area contributed by atoms with E-state index in [2.05, 4.69) is 25.8 Å². The van der Waals surface area contributed by atoms with E-state index in [-0.39, 0.29) is 12.1 Å². The molecule has 0 aliphatic rings. The summed E-state index contributed by atoms with van der Waals surface area (Å²) in [6.07, 6.45) is 1.03. The molecule has 2 heterocycles. The van der Waals surface area contributed by atoms with E-state index < -0.39 is 11.7 Å². The molecule has 0 fully saturated rings. The summed E-state index contributed by atoms with van der Waals surface area (Å²) in [5.41, 5.74) is 0.114. The maximum atomic E-state index is 13.1. The second kappa shape index (κ2) is 5.42. The van der Waals surface area contributed by atoms with Crippen LogP contribution in [0.4, 0.5) is 10.2 Å². The summed E-state index contributed by atoms with van der Waals surface area (Å²) < 4.78 is 17.9. The monoisotopic (exact) mass is 265 g/mol. The number of aromatic nitrogens is 3. The number of nitrogens with zero attached hydrogens (tertiary/aromatic N) is 3. The Balaban J connectivity index is 2.09. The van der Waals surface area contributed by atoms with Crippen molar-refractivity contribution in [3.8, 4) is 0 Å². The van der Waals surface area contributed by atoms with Crippen LogP contribution < -0.4 is 10.6 Å². The molecule has 0 atom stereocenters. The second-order valence-corrected chi connectivity index (χ2v) is 3.71. The molecule has 0 aliphatic carbocycles. The summed E-state index contributed by atoms with van der Waals surface area (Å²) >= 11 is 0. The molecule has 2 aromatic heterocycles. The van der Waals surface area contributed by atoms with Crippen LogP contribution in [0.1, 0.15) is 22.1 Å². The number of nitrogens with one attached hydrogen (secondary N) is 2. The zero-order valence-corrected chi connectivity index (χ0v) is 10.4. The molecular formula is C11H12FN5O2. The van der Waals surface area contributed by atoms with Crippen LogP contribution in [-0.4, -0.2) is 28.1 Å². The van der Waals surface area contributed by atoms with E-state index >= 15 is 0 Å². The lowest BCUT2D eigenvalue weighted by molar-refractivity contribution is 0.0949. The van der Waals surface area contributed by atoms with Gasteiger partial charge in [0.2, 0.25) is 5.89 Å². The lowest BCUT2D eigenvalue weighted by Crippen LogP contribution is -2.24. The Morgan fingerprint density at radius 3 is 2.95 bits per heavy atom. The Bertz CT molecular complexity index is 599. The van der Waals surface area contributed by atoms with E-state index in [4.69, 9.17) is 4.52 Å². The highest BCUT2D eigenvalue weighted by molar-refractivity contribution is 5.98. The van der Waals surface area contributed by atoms with Crippen molar-refractivity contribution in [2.45, 2.75) is 13.5 Å². The highest BCUT2D eigenvalue weighted by atomic mass is 19.1. The molecule has 1 amide bonds. The van der Waals surface area contributed by atoms with Gasteiger partial charge in [0, 0.05) is 14.0 Å². The van der Waals surface area contributed by atoms with Crippen LogP contribution in [0.2, 0.25) is 0 Å². The van der Waals surface area contributed by atoms with Gasteiger partial charge < -0.3 is 15.2 Å². The topological polar surface area (TPSA) is 92.9 Å². The molecule has 19 heavy (non-hydrogen) atoms. The van der Waals surface area contributed by atoms with Gasteiger partial charge in [-0.1, -0.05) is 5.16 Å². The Morgan fingerprint density at radius 1 is 1.53 bits per heavy atom. The minimum absolute atomic E-state index is 0.0931. The van der Waals surface area contributed by atoms with Crippen LogP contribution >= 0.6 is 0 Å². The van der Waals surface area contributed by atoms with E-state index in [0.29, 0.717) is 17.5 Å². The number of carbonyl (C=O) groups excluding carboxylic acids is 1. The normalized spacial score (nSPS) is 10.3. The fourth-order valence-corrected chi connectivity index (χ4v) is 1.48. The zero-order valence-electron chi connectivity index (χ0n) is 10.4. The Hall–Kier alpha value is -2.51. The van der Waals surface area contributed by atoms with E-state index in [1.807, 2.05) is 0 Å². The highest BCUT2D eigenvalue weighted by Gasteiger charge is 2.14. The number of carbonyl (C=O) groups is 1. The van der Waals surface area contributed by atoms with Crippen molar-refractivity contribution in [3.05, 3.63) is 35.4 Å². The van der Waals surface area contributed by atoms with Crippen molar-refractivity contribution in [1.82, 2.24) is 20.4 Å². The van der Waals surface area contributed by atoms with Crippen LogP contribution in [0.5, 0.6) is 0 Å². The average molecular weight is 265 g/mol. The van der Waals surface area contributed by atoms with Gasteiger partial charge in [-0.2, -0.15) is 4.98 Å². The molecule has 2 rings (SSSR count). The number of halogens is 1. The minimum Gasteiger partial charge on any atom is -0.372 e. The minimum atomic E-state index is -0.584. The molecule has 0 aliphatic heterocycles. The second-order valence-electron chi connectivity index (χ2n) is 3.71. The molecule has 7 nitrogen and oxygen atoms in total. The molecule has 0 radical (unpaired) electrons. The number of anilines is 1. The average Bonchev–Trinajstić information content (AvgIpc) is 2.81. The van der Waals surface area contributed by atoms with Crippen LogP contribution in [0, 0.1) is 12.7 Å². The van der Waals surface area contributed by atoms with Gasteiger partial charge in [0.15, 0.2) is 5.82 Å². The van der Waals surface area contributed by atoms with Gasteiger partial charge in [0.25, 0.3) is 5.91 Å². The number of pyridine rings is 1. The molecule has 2 aromatic rings. The molecule has 0 unspecified atom stereocenters. The third-order valence-electron chi connectivity index (χ3n) is 2.31. The lowest BCUT2D eigenvalue weighted by atomic mass is 10.2. The number of hydrogen-bond donors (Lipinski definition) is 2.